The number of nitrogens with zero attached hydrogens (tertiary/aromatic N) is 2. The monoisotopic (exact) mass is 285 g/mol. The standard InChI is InChI=1S/C14H23N3O.ClH/c1-15-13-9-6-10-17(13)14(18)11-16-12-7-4-2-3-5-8-12;/h12-13,16H,2-11H2;1H/t13-;/m0./s1. The summed E-state index contributed by atoms with van der Waals surface area (Å²) in [6, 6.07) is 0.505. The normalized spacial score (nSPS) is 24.4. The zero-order valence-corrected chi connectivity index (χ0v) is 12.3. The van der Waals surface area contributed by atoms with Crippen LogP contribution in [0.25, 0.3) is 4.85 Å². The topological polar surface area (TPSA) is 36.7 Å². The number of likely N-dealkylation sites (tertiary alicyclic amines) is 1. The van der Waals surface area contributed by atoms with Crippen LogP contribution in [0.15, 0.2) is 0 Å². The molecule has 4 nitrogen and oxygen atoms in total. The SMILES string of the molecule is Cl.[C-]#[N+][C@@H]1CCCN1C(=O)CNC1CCCCCC1. The number of hydrogen-bond donors (Lipinski definition) is 1. The van der Waals surface area contributed by atoms with Gasteiger partial charge < -0.3 is 5.32 Å². The van der Waals surface area contributed by atoms with Gasteiger partial charge in [0, 0.05) is 19.0 Å². The fourth-order valence-electron chi connectivity index (χ4n) is 2.99. The first kappa shape index (κ1) is 16.3. The van der Waals surface area contributed by atoms with E-state index in [1.807, 2.05) is 0 Å². The summed E-state index contributed by atoms with van der Waals surface area (Å²) in [6.07, 6.45) is 9.23. The second-order valence-corrected chi connectivity index (χ2v) is 5.41. The minimum atomic E-state index is -0.201. The quantitative estimate of drug-likeness (QED) is 0.639. The predicted molar refractivity (Wildman–Crippen MR) is 78.1 cm³/mol. The van der Waals surface area contributed by atoms with Crippen LogP contribution in [0.5, 0.6) is 0 Å². The van der Waals surface area contributed by atoms with E-state index in [-0.39, 0.29) is 24.5 Å². The average molecular weight is 286 g/mol. The molecule has 1 atom stereocenters. The van der Waals surface area contributed by atoms with E-state index in [0.29, 0.717) is 12.6 Å². The molecule has 2 rings (SSSR count). The third-order valence-corrected chi connectivity index (χ3v) is 4.09. The maximum atomic E-state index is 12.1. The summed E-state index contributed by atoms with van der Waals surface area (Å²) in [7, 11) is 0. The summed E-state index contributed by atoms with van der Waals surface area (Å²) in [6.45, 7) is 8.27. The summed E-state index contributed by atoms with van der Waals surface area (Å²) in [5, 5.41) is 3.39. The number of hydrogen-bond acceptors (Lipinski definition) is 2. The number of rotatable bonds is 3. The Labute approximate surface area is 122 Å². The molecule has 1 aliphatic carbocycles. The van der Waals surface area contributed by atoms with Crippen molar-refractivity contribution in [2.24, 2.45) is 0 Å². The van der Waals surface area contributed by atoms with Crippen LogP contribution in [-0.2, 0) is 4.79 Å². The van der Waals surface area contributed by atoms with Crippen molar-refractivity contribution < 1.29 is 4.79 Å². The smallest absolute Gasteiger partial charge is 0.300 e. The minimum absolute atomic E-state index is 0. The highest BCUT2D eigenvalue weighted by atomic mass is 35.5. The molecule has 19 heavy (non-hydrogen) atoms. The van der Waals surface area contributed by atoms with Crippen molar-refractivity contribution in [3.05, 3.63) is 11.4 Å². The van der Waals surface area contributed by atoms with Gasteiger partial charge in [0.25, 0.3) is 0 Å². The number of nitrogens with one attached hydrogen (secondary N) is 1. The summed E-state index contributed by atoms with van der Waals surface area (Å²) >= 11 is 0. The average Bonchev–Trinajstić information content (AvgIpc) is 2.72. The lowest BCUT2D eigenvalue weighted by Gasteiger charge is -2.20. The Bertz CT molecular complexity index is 321. The molecule has 0 aromatic heterocycles. The highest BCUT2D eigenvalue weighted by Gasteiger charge is 2.32. The van der Waals surface area contributed by atoms with Gasteiger partial charge in [0.15, 0.2) is 0 Å². The Hall–Kier alpha value is -0.790. The number of halogens is 1. The molecule has 0 aromatic rings. The lowest BCUT2D eigenvalue weighted by Crippen LogP contribution is -2.42. The van der Waals surface area contributed by atoms with Crippen LogP contribution in [0.4, 0.5) is 0 Å². The molecule has 0 unspecified atom stereocenters. The molecular formula is C14H24ClN3O. The largest absolute Gasteiger partial charge is 0.306 e. The molecule has 1 amide bonds. The van der Waals surface area contributed by atoms with Crippen molar-refractivity contribution in [2.45, 2.75) is 63.6 Å². The molecule has 1 aliphatic heterocycles. The zero-order valence-electron chi connectivity index (χ0n) is 11.4. The molecule has 0 spiro atoms. The van der Waals surface area contributed by atoms with E-state index in [0.717, 1.165) is 19.4 Å². The Morgan fingerprint density at radius 3 is 2.47 bits per heavy atom. The van der Waals surface area contributed by atoms with Gasteiger partial charge in [0.2, 0.25) is 5.91 Å². The van der Waals surface area contributed by atoms with Gasteiger partial charge in [-0.3, -0.25) is 14.5 Å². The molecule has 2 fully saturated rings. The van der Waals surface area contributed by atoms with Crippen LogP contribution in [-0.4, -0.2) is 36.1 Å². The first-order chi connectivity index (χ1) is 8.81. The third-order valence-electron chi connectivity index (χ3n) is 4.09. The number of amides is 1. The maximum Gasteiger partial charge on any atom is 0.300 e. The molecule has 108 valence electrons. The summed E-state index contributed by atoms with van der Waals surface area (Å²) in [5.74, 6) is 0.109. The highest BCUT2D eigenvalue weighted by Crippen LogP contribution is 2.19. The van der Waals surface area contributed by atoms with Gasteiger partial charge in [-0.15, -0.1) is 12.4 Å². The van der Waals surface area contributed by atoms with E-state index >= 15 is 0 Å². The first-order valence-electron chi connectivity index (χ1n) is 7.20. The van der Waals surface area contributed by atoms with Gasteiger partial charge in [-0.05, 0) is 19.3 Å². The lowest BCUT2D eigenvalue weighted by molar-refractivity contribution is -0.130. The van der Waals surface area contributed by atoms with Crippen LogP contribution in [0.1, 0.15) is 51.4 Å². The molecular weight excluding hydrogens is 262 g/mol. The highest BCUT2D eigenvalue weighted by molar-refractivity contribution is 5.85. The lowest BCUT2D eigenvalue weighted by atomic mass is 10.1. The van der Waals surface area contributed by atoms with Crippen molar-refractivity contribution in [1.29, 1.82) is 0 Å². The molecule has 1 saturated heterocycles. The molecule has 0 radical (unpaired) electrons. The van der Waals surface area contributed by atoms with E-state index in [9.17, 15) is 4.79 Å². The van der Waals surface area contributed by atoms with Gasteiger partial charge >= 0.3 is 6.17 Å². The van der Waals surface area contributed by atoms with Gasteiger partial charge in [-0.2, -0.15) is 0 Å². The van der Waals surface area contributed by atoms with Crippen LogP contribution < -0.4 is 5.32 Å². The number of carbonyl (C=O) groups is 1. The van der Waals surface area contributed by atoms with Gasteiger partial charge in [0.05, 0.1) is 6.54 Å². The summed E-state index contributed by atoms with van der Waals surface area (Å²) in [4.78, 5) is 17.3. The molecule has 2 aliphatic rings. The zero-order chi connectivity index (χ0) is 12.8. The fourth-order valence-corrected chi connectivity index (χ4v) is 2.99. The molecule has 1 saturated carbocycles. The second kappa shape index (κ2) is 8.39. The van der Waals surface area contributed by atoms with E-state index in [4.69, 9.17) is 6.57 Å². The van der Waals surface area contributed by atoms with E-state index in [1.165, 1.54) is 38.5 Å². The first-order valence-corrected chi connectivity index (χ1v) is 7.20. The van der Waals surface area contributed by atoms with Crippen molar-refractivity contribution in [2.75, 3.05) is 13.1 Å². The predicted octanol–water partition coefficient (Wildman–Crippen LogP) is 2.59. The fraction of sp³-hybridized carbons (Fsp3) is 0.857. The van der Waals surface area contributed by atoms with Crippen molar-refractivity contribution in [3.63, 3.8) is 0 Å². The third kappa shape index (κ3) is 4.67. The van der Waals surface area contributed by atoms with Crippen LogP contribution in [0.3, 0.4) is 0 Å². The molecule has 1 heterocycles. The summed E-state index contributed by atoms with van der Waals surface area (Å²) in [5.41, 5.74) is 0. The van der Waals surface area contributed by atoms with Crippen LogP contribution in [0.2, 0.25) is 0 Å². The van der Waals surface area contributed by atoms with E-state index < -0.39 is 0 Å². The van der Waals surface area contributed by atoms with E-state index in [1.54, 1.807) is 4.90 Å². The summed E-state index contributed by atoms with van der Waals surface area (Å²) < 4.78 is 0. The molecule has 1 N–H and O–H groups in total. The van der Waals surface area contributed by atoms with Crippen LogP contribution in [0, 0.1) is 6.57 Å². The maximum absolute atomic E-state index is 12.1. The minimum Gasteiger partial charge on any atom is -0.306 e. The Kier molecular flexibility index (Phi) is 7.19. The Morgan fingerprint density at radius 1 is 1.16 bits per heavy atom. The van der Waals surface area contributed by atoms with E-state index in [2.05, 4.69) is 10.2 Å². The van der Waals surface area contributed by atoms with Crippen LogP contribution >= 0.6 is 12.4 Å². The van der Waals surface area contributed by atoms with Crippen molar-refractivity contribution in [1.82, 2.24) is 10.2 Å². The molecule has 0 aromatic carbocycles. The second-order valence-electron chi connectivity index (χ2n) is 5.41. The Morgan fingerprint density at radius 2 is 1.84 bits per heavy atom. The molecule has 0 bridgehead atoms. The van der Waals surface area contributed by atoms with Crippen molar-refractivity contribution >= 4 is 18.3 Å². The van der Waals surface area contributed by atoms with Crippen molar-refractivity contribution in [3.8, 4) is 0 Å². The Balaban J connectivity index is 0.00000180. The molecule has 5 heteroatoms. The van der Waals surface area contributed by atoms with Gasteiger partial charge in [-0.1, -0.05) is 25.7 Å². The van der Waals surface area contributed by atoms with Gasteiger partial charge in [0.1, 0.15) is 0 Å². The number of carbonyl (C=O) groups excluding carboxylic acids is 1. The van der Waals surface area contributed by atoms with Gasteiger partial charge in [-0.25, -0.2) is 6.57 Å².